The van der Waals surface area contributed by atoms with Crippen LogP contribution in [-0.2, 0) is 65.4 Å². The Morgan fingerprint density at radius 3 is 0.648 bits per heavy atom. The molecule has 2 unspecified atom stereocenters. The number of rotatable bonds is 86. The van der Waals surface area contributed by atoms with Crippen LogP contribution in [0.15, 0.2) is 0 Å². The Labute approximate surface area is 645 Å². The van der Waals surface area contributed by atoms with Gasteiger partial charge in [-0.25, -0.2) is 9.13 Å². The van der Waals surface area contributed by atoms with Crippen LogP contribution in [0.5, 0.6) is 0 Å². The minimum absolute atomic E-state index is 0.107. The van der Waals surface area contributed by atoms with Crippen LogP contribution in [0.25, 0.3) is 0 Å². The Morgan fingerprint density at radius 2 is 0.438 bits per heavy atom. The fourth-order valence-electron chi connectivity index (χ4n) is 13.5. The van der Waals surface area contributed by atoms with Gasteiger partial charge in [0.25, 0.3) is 0 Å². The zero-order chi connectivity index (χ0) is 76.9. The van der Waals surface area contributed by atoms with E-state index in [0.29, 0.717) is 25.7 Å². The first-order chi connectivity index (χ1) is 51.0. The lowest BCUT2D eigenvalue weighted by Crippen LogP contribution is -2.30. The van der Waals surface area contributed by atoms with Gasteiger partial charge >= 0.3 is 39.5 Å². The van der Waals surface area contributed by atoms with Crippen molar-refractivity contribution in [2.45, 2.75) is 483 Å². The van der Waals surface area contributed by atoms with E-state index in [1.54, 1.807) is 0 Å². The summed E-state index contributed by atoms with van der Waals surface area (Å²) in [7, 11) is -9.92. The third-order valence-corrected chi connectivity index (χ3v) is 22.2. The van der Waals surface area contributed by atoms with Gasteiger partial charge in [0, 0.05) is 25.7 Å². The summed E-state index contributed by atoms with van der Waals surface area (Å²) in [6.07, 6.45) is 72.9. The molecule has 0 bridgehead atoms. The Morgan fingerprint density at radius 1 is 0.257 bits per heavy atom. The van der Waals surface area contributed by atoms with E-state index in [1.165, 1.54) is 283 Å². The number of carbonyl (C=O) groups excluding carboxylic acids is 4. The molecule has 3 N–H and O–H groups in total. The van der Waals surface area contributed by atoms with Gasteiger partial charge in [0.2, 0.25) is 0 Å². The van der Waals surface area contributed by atoms with Gasteiger partial charge in [-0.1, -0.05) is 413 Å². The van der Waals surface area contributed by atoms with Crippen LogP contribution in [-0.4, -0.2) is 96.7 Å². The molecule has 0 aliphatic carbocycles. The smallest absolute Gasteiger partial charge is 0.462 e. The summed E-state index contributed by atoms with van der Waals surface area (Å²) in [6, 6.07) is 0. The Balaban J connectivity index is 5.09. The van der Waals surface area contributed by atoms with Gasteiger partial charge in [-0.2, -0.15) is 0 Å². The topological polar surface area (TPSA) is 237 Å². The summed E-state index contributed by atoms with van der Waals surface area (Å²) < 4.78 is 68.6. The van der Waals surface area contributed by atoms with Crippen molar-refractivity contribution < 1.29 is 80.2 Å². The quantitative estimate of drug-likeness (QED) is 0.0222. The largest absolute Gasteiger partial charge is 0.472 e. The van der Waals surface area contributed by atoms with E-state index in [-0.39, 0.29) is 25.7 Å². The molecular weight excluding hydrogens is 1370 g/mol. The van der Waals surface area contributed by atoms with Crippen LogP contribution in [0.1, 0.15) is 465 Å². The van der Waals surface area contributed by atoms with Crippen LogP contribution in [0.4, 0.5) is 0 Å². The number of phosphoric ester groups is 2. The van der Waals surface area contributed by atoms with Crippen LogP contribution in [0, 0.1) is 5.92 Å². The van der Waals surface area contributed by atoms with E-state index in [2.05, 4.69) is 34.6 Å². The summed E-state index contributed by atoms with van der Waals surface area (Å²) in [6.45, 7) is 7.29. The SMILES string of the molecule is CCCCCCCCCCCCCCCCCCCCCCCCC(=O)O[C@H](COC(=O)CCCCCCCCCCCCCCCCCCCCCC)COP(=O)(O)OC[C@@H](O)COP(=O)(O)OC[C@@H](COC(=O)CCCCCCC)OC(=O)CCCCCCCCCCCCCCCCCC(C)C. The van der Waals surface area contributed by atoms with Gasteiger partial charge in [0.1, 0.15) is 19.3 Å². The molecule has 5 atom stereocenters. The third-order valence-electron chi connectivity index (χ3n) is 20.3. The summed E-state index contributed by atoms with van der Waals surface area (Å²) in [5, 5.41) is 10.6. The lowest BCUT2D eigenvalue weighted by molar-refractivity contribution is -0.161. The average Bonchev–Trinajstić information content (AvgIpc) is 0.918. The van der Waals surface area contributed by atoms with Gasteiger partial charge in [0.15, 0.2) is 12.2 Å². The van der Waals surface area contributed by atoms with Crippen molar-refractivity contribution in [3.63, 3.8) is 0 Å². The Bertz CT molecular complexity index is 2000. The normalized spacial score (nSPS) is 13.8. The minimum atomic E-state index is -4.96. The van der Waals surface area contributed by atoms with E-state index in [9.17, 15) is 43.2 Å². The second-order valence-electron chi connectivity index (χ2n) is 31.4. The van der Waals surface area contributed by atoms with Crippen LogP contribution in [0.3, 0.4) is 0 Å². The lowest BCUT2D eigenvalue weighted by Gasteiger charge is -2.21. The molecule has 0 aliphatic rings. The van der Waals surface area contributed by atoms with E-state index in [1.807, 2.05) is 0 Å². The highest BCUT2D eigenvalue weighted by molar-refractivity contribution is 7.47. The van der Waals surface area contributed by atoms with Crippen molar-refractivity contribution >= 4 is 39.5 Å². The first-order valence-electron chi connectivity index (χ1n) is 44.6. The molecule has 0 spiro atoms. The molecule has 0 saturated carbocycles. The Hall–Kier alpha value is -1.94. The highest BCUT2D eigenvalue weighted by Crippen LogP contribution is 2.45. The monoisotopic (exact) mass is 1540 g/mol. The van der Waals surface area contributed by atoms with Crippen LogP contribution >= 0.6 is 15.6 Å². The highest BCUT2D eigenvalue weighted by Gasteiger charge is 2.30. The molecule has 0 amide bonds. The summed E-state index contributed by atoms with van der Waals surface area (Å²) >= 11 is 0. The summed E-state index contributed by atoms with van der Waals surface area (Å²) in [4.78, 5) is 72.9. The maximum atomic E-state index is 13.1. The van der Waals surface area contributed by atoms with Gasteiger partial charge in [-0.15, -0.1) is 0 Å². The predicted octanol–water partition coefficient (Wildman–Crippen LogP) is 26.4. The third kappa shape index (κ3) is 79.9. The van der Waals surface area contributed by atoms with Crippen molar-refractivity contribution in [2.75, 3.05) is 39.6 Å². The molecule has 0 fully saturated rings. The second kappa shape index (κ2) is 78.7. The van der Waals surface area contributed by atoms with Crippen LogP contribution in [0.2, 0.25) is 0 Å². The highest BCUT2D eigenvalue weighted by atomic mass is 31.2. The summed E-state index contributed by atoms with van der Waals surface area (Å²) in [5.41, 5.74) is 0. The van der Waals surface area contributed by atoms with Gasteiger partial charge in [-0.05, 0) is 31.6 Å². The molecule has 624 valence electrons. The molecule has 0 heterocycles. The molecule has 19 heteroatoms. The summed E-state index contributed by atoms with van der Waals surface area (Å²) in [5.74, 6) is -1.31. The zero-order valence-electron chi connectivity index (χ0n) is 68.9. The molecular formula is C86H168O17P2. The van der Waals surface area contributed by atoms with Crippen molar-refractivity contribution in [2.24, 2.45) is 5.92 Å². The van der Waals surface area contributed by atoms with E-state index < -0.39 is 97.5 Å². The number of aliphatic hydroxyl groups is 1. The first kappa shape index (κ1) is 103. The number of hydrogen-bond acceptors (Lipinski definition) is 15. The average molecular weight is 1540 g/mol. The van der Waals surface area contributed by atoms with E-state index in [4.69, 9.17) is 37.0 Å². The van der Waals surface area contributed by atoms with Gasteiger partial charge in [0.05, 0.1) is 26.4 Å². The van der Waals surface area contributed by atoms with Gasteiger partial charge in [-0.3, -0.25) is 37.3 Å². The van der Waals surface area contributed by atoms with Crippen LogP contribution < -0.4 is 0 Å². The van der Waals surface area contributed by atoms with Crippen molar-refractivity contribution in [1.82, 2.24) is 0 Å². The number of aliphatic hydroxyl groups excluding tert-OH is 1. The molecule has 0 aromatic carbocycles. The number of unbranched alkanes of at least 4 members (excludes halogenated alkanes) is 58. The van der Waals surface area contributed by atoms with Gasteiger partial charge < -0.3 is 33.8 Å². The minimum Gasteiger partial charge on any atom is -0.462 e. The molecule has 0 radical (unpaired) electrons. The van der Waals surface area contributed by atoms with E-state index in [0.717, 1.165) is 102 Å². The molecule has 17 nitrogen and oxygen atoms in total. The molecule has 0 saturated heterocycles. The molecule has 0 rings (SSSR count). The number of esters is 4. The number of ether oxygens (including phenoxy) is 4. The Kier molecular flexibility index (Phi) is 77.3. The number of carbonyl (C=O) groups is 4. The standard InChI is InChI=1S/C86H168O17P2/c1-6-9-12-15-17-19-21-23-25-27-29-31-32-34-36-40-44-48-52-56-61-67-72-86(91)103-82(76-97-84(89)70-65-60-55-51-47-43-39-35-33-30-28-26-24-22-20-18-16-13-10-7-2)78-101-105(94,95)99-74-80(87)73-98-104(92,93)100-77-81(75-96-83(88)69-64-58-14-11-8-3)102-85(90)71-66-62-57-53-49-45-41-37-38-42-46-50-54-59-63-68-79(4)5/h79-82,87H,6-78H2,1-5H3,(H,92,93)(H,94,95)/t80-,81+,82+/m0/s1. The fraction of sp³-hybridized carbons (Fsp3) is 0.953. The van der Waals surface area contributed by atoms with E-state index >= 15 is 0 Å². The lowest BCUT2D eigenvalue weighted by atomic mass is 10.0. The molecule has 0 aromatic heterocycles. The van der Waals surface area contributed by atoms with Crippen molar-refractivity contribution in [3.8, 4) is 0 Å². The van der Waals surface area contributed by atoms with Crippen molar-refractivity contribution in [1.29, 1.82) is 0 Å². The zero-order valence-corrected chi connectivity index (χ0v) is 70.7. The maximum absolute atomic E-state index is 13.1. The molecule has 105 heavy (non-hydrogen) atoms. The number of hydrogen-bond donors (Lipinski definition) is 3. The second-order valence-corrected chi connectivity index (χ2v) is 34.3. The maximum Gasteiger partial charge on any atom is 0.472 e. The fourth-order valence-corrected chi connectivity index (χ4v) is 15.1. The predicted molar refractivity (Wildman–Crippen MR) is 432 cm³/mol. The number of phosphoric acid groups is 2. The van der Waals surface area contributed by atoms with Crippen molar-refractivity contribution in [3.05, 3.63) is 0 Å². The molecule has 0 aromatic rings. The molecule has 0 aliphatic heterocycles. The first-order valence-corrected chi connectivity index (χ1v) is 47.6.